The SMILES string of the molecule is CCc1ccccc1N1CCC(C#N)OC1=O. The zero-order valence-electron chi connectivity index (χ0n) is 9.72. The van der Waals surface area contributed by atoms with Gasteiger partial charge in [-0.1, -0.05) is 25.1 Å². The first-order valence-corrected chi connectivity index (χ1v) is 5.72. The van der Waals surface area contributed by atoms with Gasteiger partial charge in [0, 0.05) is 13.0 Å². The fourth-order valence-electron chi connectivity index (χ4n) is 1.96. The summed E-state index contributed by atoms with van der Waals surface area (Å²) >= 11 is 0. The molecule has 0 spiro atoms. The van der Waals surface area contributed by atoms with Gasteiger partial charge in [-0.2, -0.15) is 5.26 Å². The van der Waals surface area contributed by atoms with E-state index in [1.807, 2.05) is 37.3 Å². The molecule has 1 aromatic carbocycles. The molecule has 88 valence electrons. The van der Waals surface area contributed by atoms with Crippen molar-refractivity contribution in [3.8, 4) is 6.07 Å². The van der Waals surface area contributed by atoms with Crippen LogP contribution in [0.5, 0.6) is 0 Å². The van der Waals surface area contributed by atoms with Crippen LogP contribution in [0.4, 0.5) is 10.5 Å². The van der Waals surface area contributed by atoms with E-state index in [0.29, 0.717) is 13.0 Å². The van der Waals surface area contributed by atoms with Crippen molar-refractivity contribution in [2.24, 2.45) is 0 Å². The lowest BCUT2D eigenvalue weighted by molar-refractivity contribution is 0.111. The molecule has 1 atom stereocenters. The second-order valence-electron chi connectivity index (χ2n) is 3.92. The van der Waals surface area contributed by atoms with Gasteiger partial charge >= 0.3 is 6.09 Å². The molecule has 1 heterocycles. The predicted octanol–water partition coefficient (Wildman–Crippen LogP) is 2.49. The highest BCUT2D eigenvalue weighted by atomic mass is 16.6. The first-order valence-electron chi connectivity index (χ1n) is 5.72. The minimum Gasteiger partial charge on any atom is -0.430 e. The van der Waals surface area contributed by atoms with Crippen LogP contribution in [0.1, 0.15) is 18.9 Å². The number of hydrogen-bond acceptors (Lipinski definition) is 3. The average molecular weight is 230 g/mol. The van der Waals surface area contributed by atoms with Crippen molar-refractivity contribution in [3.05, 3.63) is 29.8 Å². The van der Waals surface area contributed by atoms with Crippen molar-refractivity contribution in [2.75, 3.05) is 11.4 Å². The molecule has 17 heavy (non-hydrogen) atoms. The zero-order valence-corrected chi connectivity index (χ0v) is 9.72. The molecule has 0 aromatic heterocycles. The maximum atomic E-state index is 11.8. The quantitative estimate of drug-likeness (QED) is 0.784. The Morgan fingerprint density at radius 2 is 2.29 bits per heavy atom. The van der Waals surface area contributed by atoms with Gasteiger partial charge in [0.1, 0.15) is 6.07 Å². The first-order chi connectivity index (χ1) is 8.26. The molecule has 2 rings (SSSR count). The van der Waals surface area contributed by atoms with Crippen LogP contribution in [0.25, 0.3) is 0 Å². The number of carbonyl (C=O) groups is 1. The number of anilines is 1. The fraction of sp³-hybridized carbons (Fsp3) is 0.385. The van der Waals surface area contributed by atoms with E-state index in [1.165, 1.54) is 0 Å². The van der Waals surface area contributed by atoms with E-state index in [2.05, 4.69) is 0 Å². The Morgan fingerprint density at radius 1 is 1.53 bits per heavy atom. The number of para-hydroxylation sites is 1. The first kappa shape index (κ1) is 11.5. The van der Waals surface area contributed by atoms with Gasteiger partial charge < -0.3 is 4.74 Å². The second kappa shape index (κ2) is 4.88. The number of carbonyl (C=O) groups excluding carboxylic acids is 1. The molecule has 4 nitrogen and oxygen atoms in total. The highest BCUT2D eigenvalue weighted by Gasteiger charge is 2.28. The van der Waals surface area contributed by atoms with Gasteiger partial charge in [0.05, 0.1) is 5.69 Å². The van der Waals surface area contributed by atoms with Crippen molar-refractivity contribution in [1.29, 1.82) is 5.26 Å². The van der Waals surface area contributed by atoms with Gasteiger partial charge in [0.15, 0.2) is 6.10 Å². The van der Waals surface area contributed by atoms with E-state index < -0.39 is 12.2 Å². The van der Waals surface area contributed by atoms with E-state index >= 15 is 0 Å². The van der Waals surface area contributed by atoms with Crippen molar-refractivity contribution in [1.82, 2.24) is 0 Å². The average Bonchev–Trinajstić information content (AvgIpc) is 2.38. The van der Waals surface area contributed by atoms with E-state index in [4.69, 9.17) is 10.00 Å². The number of aryl methyl sites for hydroxylation is 1. The molecule has 0 bridgehead atoms. The lowest BCUT2D eigenvalue weighted by Crippen LogP contribution is -2.42. The van der Waals surface area contributed by atoms with Crippen LogP contribution in [0.2, 0.25) is 0 Å². The monoisotopic (exact) mass is 230 g/mol. The zero-order chi connectivity index (χ0) is 12.3. The molecule has 1 unspecified atom stereocenters. The molecule has 1 aromatic rings. The van der Waals surface area contributed by atoms with E-state index in [9.17, 15) is 4.79 Å². The Bertz CT molecular complexity index is 465. The number of ether oxygens (including phenoxy) is 1. The van der Waals surface area contributed by atoms with Gasteiger partial charge in [-0.3, -0.25) is 4.90 Å². The fourth-order valence-corrected chi connectivity index (χ4v) is 1.96. The Hall–Kier alpha value is -2.02. The molecular formula is C13H14N2O2. The molecule has 1 amide bonds. The third-order valence-electron chi connectivity index (χ3n) is 2.89. The molecule has 1 aliphatic heterocycles. The van der Waals surface area contributed by atoms with Crippen molar-refractivity contribution in [3.63, 3.8) is 0 Å². The third-order valence-corrected chi connectivity index (χ3v) is 2.89. The number of hydrogen-bond donors (Lipinski definition) is 0. The Morgan fingerprint density at radius 3 is 2.94 bits per heavy atom. The Balaban J connectivity index is 2.24. The van der Waals surface area contributed by atoms with Crippen molar-refractivity contribution in [2.45, 2.75) is 25.9 Å². The number of rotatable bonds is 2. The second-order valence-corrected chi connectivity index (χ2v) is 3.92. The maximum absolute atomic E-state index is 11.8. The Labute approximate surface area is 100 Å². The normalized spacial score (nSPS) is 19.6. The summed E-state index contributed by atoms with van der Waals surface area (Å²) < 4.78 is 5.03. The summed E-state index contributed by atoms with van der Waals surface area (Å²) in [5, 5.41) is 8.72. The predicted molar refractivity (Wildman–Crippen MR) is 63.7 cm³/mol. The molecule has 1 fully saturated rings. The topological polar surface area (TPSA) is 53.3 Å². The van der Waals surface area contributed by atoms with Gasteiger partial charge in [-0.15, -0.1) is 0 Å². The van der Waals surface area contributed by atoms with Crippen LogP contribution in [0.15, 0.2) is 24.3 Å². The highest BCUT2D eigenvalue weighted by molar-refractivity contribution is 5.89. The van der Waals surface area contributed by atoms with Crippen LogP contribution >= 0.6 is 0 Å². The summed E-state index contributed by atoms with van der Waals surface area (Å²) in [5.41, 5.74) is 2.00. The summed E-state index contributed by atoms with van der Waals surface area (Å²) in [6.45, 7) is 2.58. The van der Waals surface area contributed by atoms with Gasteiger partial charge in [-0.05, 0) is 18.1 Å². The van der Waals surface area contributed by atoms with Crippen LogP contribution < -0.4 is 4.90 Å². The molecule has 4 heteroatoms. The number of nitriles is 1. The molecule has 0 saturated carbocycles. The lowest BCUT2D eigenvalue weighted by Gasteiger charge is -2.30. The van der Waals surface area contributed by atoms with Crippen LogP contribution in [-0.2, 0) is 11.2 Å². The maximum Gasteiger partial charge on any atom is 0.415 e. The lowest BCUT2D eigenvalue weighted by atomic mass is 10.1. The number of amides is 1. The third kappa shape index (κ3) is 2.23. The highest BCUT2D eigenvalue weighted by Crippen LogP contribution is 2.25. The van der Waals surface area contributed by atoms with Gasteiger partial charge in [0.25, 0.3) is 0 Å². The molecule has 0 radical (unpaired) electrons. The Kier molecular flexibility index (Phi) is 3.29. The molecular weight excluding hydrogens is 216 g/mol. The molecule has 0 N–H and O–H groups in total. The minimum atomic E-state index is -0.604. The minimum absolute atomic E-state index is 0.427. The molecule has 0 aliphatic carbocycles. The summed E-state index contributed by atoms with van der Waals surface area (Å²) in [5.74, 6) is 0. The van der Waals surface area contributed by atoms with Gasteiger partial charge in [-0.25, -0.2) is 4.79 Å². The standard InChI is InChI=1S/C13H14N2O2/c1-2-10-5-3-4-6-12(10)15-8-7-11(9-14)17-13(15)16/h3-6,11H,2,7-8H2,1H3. The van der Waals surface area contributed by atoms with Crippen molar-refractivity contribution >= 4 is 11.8 Å². The summed E-state index contributed by atoms with van der Waals surface area (Å²) in [6.07, 6.45) is 0.387. The largest absolute Gasteiger partial charge is 0.430 e. The van der Waals surface area contributed by atoms with Crippen LogP contribution in [0, 0.1) is 11.3 Å². The van der Waals surface area contributed by atoms with Crippen LogP contribution in [-0.4, -0.2) is 18.7 Å². The van der Waals surface area contributed by atoms with Crippen molar-refractivity contribution < 1.29 is 9.53 Å². The smallest absolute Gasteiger partial charge is 0.415 e. The van der Waals surface area contributed by atoms with E-state index in [-0.39, 0.29) is 0 Å². The van der Waals surface area contributed by atoms with E-state index in [0.717, 1.165) is 17.7 Å². The molecule has 1 aliphatic rings. The number of cyclic esters (lactones) is 1. The van der Waals surface area contributed by atoms with Crippen LogP contribution in [0.3, 0.4) is 0 Å². The molecule has 1 saturated heterocycles. The van der Waals surface area contributed by atoms with Gasteiger partial charge in [0.2, 0.25) is 0 Å². The summed E-state index contributed by atoms with van der Waals surface area (Å²) in [4.78, 5) is 13.4. The number of nitrogens with zero attached hydrogens (tertiary/aromatic N) is 2. The van der Waals surface area contributed by atoms with E-state index in [1.54, 1.807) is 4.90 Å². The number of benzene rings is 1. The summed E-state index contributed by atoms with van der Waals surface area (Å²) in [7, 11) is 0. The summed E-state index contributed by atoms with van der Waals surface area (Å²) in [6, 6.07) is 9.73.